The van der Waals surface area contributed by atoms with Crippen LogP contribution < -0.4 is 15.0 Å². The second-order valence-electron chi connectivity index (χ2n) is 6.74. The van der Waals surface area contributed by atoms with Gasteiger partial charge >= 0.3 is 0 Å². The zero-order valence-corrected chi connectivity index (χ0v) is 17.5. The molecule has 0 fully saturated rings. The molecule has 0 saturated carbocycles. The number of para-hydroxylation sites is 1. The van der Waals surface area contributed by atoms with Gasteiger partial charge in [-0.25, -0.2) is 4.90 Å². The average molecular weight is 410 g/mol. The summed E-state index contributed by atoms with van der Waals surface area (Å²) in [6.07, 6.45) is 0. The molecule has 29 heavy (non-hydrogen) atoms. The Labute approximate surface area is 173 Å². The summed E-state index contributed by atoms with van der Waals surface area (Å²) in [7, 11) is 1.54. The van der Waals surface area contributed by atoms with Crippen LogP contribution in [0.25, 0.3) is 5.57 Å². The third-order valence-electron chi connectivity index (χ3n) is 4.22. The molecule has 3 amide bonds. The first-order chi connectivity index (χ1) is 13.8. The van der Waals surface area contributed by atoms with Gasteiger partial charge in [-0.2, -0.15) is 0 Å². The molecular weight excluding hydrogens is 388 g/mol. The van der Waals surface area contributed by atoms with Gasteiger partial charge in [0, 0.05) is 23.4 Å². The highest BCUT2D eigenvalue weighted by Gasteiger charge is 2.41. The van der Waals surface area contributed by atoms with Crippen molar-refractivity contribution in [3.05, 3.63) is 59.0 Å². The molecule has 0 aliphatic carbocycles. The lowest BCUT2D eigenvalue weighted by Crippen LogP contribution is -2.31. The van der Waals surface area contributed by atoms with Gasteiger partial charge in [0.05, 0.1) is 23.3 Å². The molecule has 2 aromatic rings. The number of ether oxygens (including phenoxy) is 1. The van der Waals surface area contributed by atoms with E-state index in [2.05, 4.69) is 5.32 Å². The summed E-state index contributed by atoms with van der Waals surface area (Å²) in [5.74, 6) is -0.410. The van der Waals surface area contributed by atoms with E-state index in [-0.39, 0.29) is 17.1 Å². The van der Waals surface area contributed by atoms with E-state index in [4.69, 9.17) is 4.74 Å². The predicted molar refractivity (Wildman–Crippen MR) is 116 cm³/mol. The van der Waals surface area contributed by atoms with Gasteiger partial charge in [0.25, 0.3) is 11.8 Å². The molecule has 3 rings (SSSR count). The Kier molecular flexibility index (Phi) is 6.08. The van der Waals surface area contributed by atoms with Gasteiger partial charge in [-0.15, -0.1) is 11.8 Å². The van der Waals surface area contributed by atoms with Crippen molar-refractivity contribution < 1.29 is 19.1 Å². The first-order valence-electron chi connectivity index (χ1n) is 9.14. The summed E-state index contributed by atoms with van der Waals surface area (Å²) < 4.78 is 5.42. The number of carbonyl (C=O) groups excluding carboxylic acids is 3. The topological polar surface area (TPSA) is 75.7 Å². The minimum absolute atomic E-state index is 0.119. The highest BCUT2D eigenvalue weighted by atomic mass is 32.2. The molecule has 7 heteroatoms. The summed E-state index contributed by atoms with van der Waals surface area (Å²) in [6.45, 7) is 5.36. The van der Waals surface area contributed by atoms with Crippen LogP contribution in [0.15, 0.2) is 53.4 Å². The fraction of sp³-hybridized carbons (Fsp3) is 0.227. The number of hydrogen-bond acceptors (Lipinski definition) is 5. The van der Waals surface area contributed by atoms with Crippen molar-refractivity contribution in [2.45, 2.75) is 26.0 Å². The van der Waals surface area contributed by atoms with Crippen LogP contribution in [0.3, 0.4) is 0 Å². The molecule has 0 unspecified atom stereocenters. The van der Waals surface area contributed by atoms with E-state index in [0.29, 0.717) is 33.2 Å². The van der Waals surface area contributed by atoms with Gasteiger partial charge in [0.15, 0.2) is 0 Å². The van der Waals surface area contributed by atoms with E-state index in [1.807, 2.05) is 26.0 Å². The monoisotopic (exact) mass is 410 g/mol. The van der Waals surface area contributed by atoms with E-state index >= 15 is 0 Å². The molecule has 1 heterocycles. The Morgan fingerprint density at radius 1 is 1.03 bits per heavy atom. The van der Waals surface area contributed by atoms with E-state index < -0.39 is 5.91 Å². The molecule has 0 spiro atoms. The second kappa shape index (κ2) is 8.53. The van der Waals surface area contributed by atoms with Crippen LogP contribution in [0.2, 0.25) is 0 Å². The summed E-state index contributed by atoms with van der Waals surface area (Å²) in [5, 5.41) is 2.79. The maximum atomic E-state index is 13.3. The molecule has 1 aliphatic rings. The average Bonchev–Trinajstić information content (AvgIpc) is 2.91. The number of nitrogens with zero attached hydrogens (tertiary/aromatic N) is 1. The fourth-order valence-electron chi connectivity index (χ4n) is 3.07. The normalized spacial score (nSPS) is 14.0. The quantitative estimate of drug-likeness (QED) is 0.727. The van der Waals surface area contributed by atoms with Crippen LogP contribution in [0.1, 0.15) is 26.3 Å². The largest absolute Gasteiger partial charge is 0.496 e. The molecule has 0 bridgehead atoms. The Morgan fingerprint density at radius 3 is 2.28 bits per heavy atom. The van der Waals surface area contributed by atoms with Crippen molar-refractivity contribution in [2.75, 3.05) is 17.3 Å². The molecule has 0 aromatic heterocycles. The maximum Gasteiger partial charge on any atom is 0.272 e. The first-order valence-corrected chi connectivity index (χ1v) is 10.0. The minimum atomic E-state index is -0.394. The Hall–Kier alpha value is -3.06. The van der Waals surface area contributed by atoms with E-state index in [1.165, 1.54) is 30.7 Å². The lowest BCUT2D eigenvalue weighted by atomic mass is 10.0. The molecule has 2 aromatic carbocycles. The number of rotatable bonds is 6. The predicted octanol–water partition coefficient (Wildman–Crippen LogP) is 4.08. The van der Waals surface area contributed by atoms with Crippen LogP contribution >= 0.6 is 11.8 Å². The molecule has 0 radical (unpaired) electrons. The number of hydrogen-bond donors (Lipinski definition) is 1. The number of thioether (sulfide) groups is 1. The standard InChI is InChI=1S/C22H22N2O4S/c1-13(2)29-20-19(17-7-5-6-8-18(17)28-4)21(26)24(22(20)27)16-11-9-15(10-12-16)23-14(3)25/h5-13H,1-4H3,(H,23,25). The molecule has 6 nitrogen and oxygen atoms in total. The Balaban J connectivity index is 2.05. The van der Waals surface area contributed by atoms with Crippen molar-refractivity contribution in [2.24, 2.45) is 0 Å². The van der Waals surface area contributed by atoms with Crippen molar-refractivity contribution in [3.63, 3.8) is 0 Å². The zero-order chi connectivity index (χ0) is 21.1. The van der Waals surface area contributed by atoms with Crippen LogP contribution in [0.4, 0.5) is 11.4 Å². The van der Waals surface area contributed by atoms with Crippen molar-refractivity contribution >= 4 is 46.4 Å². The molecule has 1 N–H and O–H groups in total. The number of anilines is 2. The van der Waals surface area contributed by atoms with Crippen molar-refractivity contribution in [3.8, 4) is 5.75 Å². The lowest BCUT2D eigenvalue weighted by Gasteiger charge is -2.16. The van der Waals surface area contributed by atoms with Crippen LogP contribution in [-0.4, -0.2) is 30.1 Å². The smallest absolute Gasteiger partial charge is 0.272 e. The second-order valence-corrected chi connectivity index (χ2v) is 8.33. The number of benzene rings is 2. The van der Waals surface area contributed by atoms with Gasteiger partial charge in [-0.3, -0.25) is 14.4 Å². The van der Waals surface area contributed by atoms with E-state index in [0.717, 1.165) is 0 Å². The third-order valence-corrected chi connectivity index (χ3v) is 5.30. The van der Waals surface area contributed by atoms with E-state index in [9.17, 15) is 14.4 Å². The van der Waals surface area contributed by atoms with Gasteiger partial charge in [0.1, 0.15) is 5.75 Å². The van der Waals surface area contributed by atoms with Gasteiger partial charge in [0.2, 0.25) is 5.91 Å². The molecular formula is C22H22N2O4S. The highest BCUT2D eigenvalue weighted by molar-refractivity contribution is 8.04. The Morgan fingerprint density at radius 2 is 1.69 bits per heavy atom. The highest BCUT2D eigenvalue weighted by Crippen LogP contribution is 2.42. The van der Waals surface area contributed by atoms with Crippen LogP contribution in [0, 0.1) is 0 Å². The summed E-state index contributed by atoms with van der Waals surface area (Å²) in [4.78, 5) is 39.3. The number of imide groups is 1. The minimum Gasteiger partial charge on any atom is -0.496 e. The summed E-state index contributed by atoms with van der Waals surface area (Å²) in [5.41, 5.74) is 1.97. The third kappa shape index (κ3) is 4.19. The number of carbonyl (C=O) groups is 3. The summed E-state index contributed by atoms with van der Waals surface area (Å²) in [6, 6.07) is 13.8. The van der Waals surface area contributed by atoms with E-state index in [1.54, 1.807) is 36.4 Å². The number of methoxy groups -OCH3 is 1. The van der Waals surface area contributed by atoms with Crippen molar-refractivity contribution in [1.29, 1.82) is 0 Å². The van der Waals surface area contributed by atoms with Gasteiger partial charge in [-0.05, 0) is 30.3 Å². The lowest BCUT2D eigenvalue weighted by molar-refractivity contribution is -0.120. The molecule has 150 valence electrons. The Bertz CT molecular complexity index is 996. The van der Waals surface area contributed by atoms with Crippen molar-refractivity contribution in [1.82, 2.24) is 0 Å². The van der Waals surface area contributed by atoms with Gasteiger partial charge < -0.3 is 10.1 Å². The number of amides is 3. The molecule has 0 atom stereocenters. The fourth-order valence-corrected chi connectivity index (χ4v) is 4.05. The van der Waals surface area contributed by atoms with Crippen LogP contribution in [-0.2, 0) is 14.4 Å². The van der Waals surface area contributed by atoms with Crippen LogP contribution in [0.5, 0.6) is 5.75 Å². The molecule has 0 saturated heterocycles. The zero-order valence-electron chi connectivity index (χ0n) is 16.7. The molecule has 1 aliphatic heterocycles. The summed E-state index contributed by atoms with van der Waals surface area (Å²) >= 11 is 1.36. The van der Waals surface area contributed by atoms with Gasteiger partial charge in [-0.1, -0.05) is 32.0 Å². The SMILES string of the molecule is COc1ccccc1C1=C(SC(C)C)C(=O)N(c2ccc(NC(C)=O)cc2)C1=O. The maximum absolute atomic E-state index is 13.3. The number of nitrogens with one attached hydrogen (secondary N) is 1. The first kappa shape index (κ1) is 20.7.